The lowest BCUT2D eigenvalue weighted by Gasteiger charge is -2.16. The SMILES string of the molecule is CC(C)[C@H](N)C(=O)Nc1cccc(CS(=O)(=O)C(C)C)c1. The normalized spacial score (nSPS) is 13.5. The second kappa shape index (κ2) is 7.04. The zero-order valence-corrected chi connectivity index (χ0v) is 13.8. The lowest BCUT2D eigenvalue weighted by atomic mass is 10.0. The average molecular weight is 312 g/mol. The molecule has 0 aromatic heterocycles. The summed E-state index contributed by atoms with van der Waals surface area (Å²) in [6, 6.07) is 6.26. The van der Waals surface area contributed by atoms with Gasteiger partial charge in [0.1, 0.15) is 0 Å². The number of amides is 1. The number of rotatable bonds is 6. The maximum atomic E-state index is 11.9. The third-order valence-corrected chi connectivity index (χ3v) is 5.47. The zero-order valence-electron chi connectivity index (χ0n) is 13.0. The van der Waals surface area contributed by atoms with Gasteiger partial charge in [-0.1, -0.05) is 26.0 Å². The fourth-order valence-electron chi connectivity index (χ4n) is 1.67. The zero-order chi connectivity index (χ0) is 16.2. The number of nitrogens with two attached hydrogens (primary N) is 1. The Kier molecular flexibility index (Phi) is 5.92. The van der Waals surface area contributed by atoms with E-state index in [9.17, 15) is 13.2 Å². The highest BCUT2D eigenvalue weighted by Crippen LogP contribution is 2.16. The Morgan fingerprint density at radius 1 is 1.24 bits per heavy atom. The largest absolute Gasteiger partial charge is 0.325 e. The topological polar surface area (TPSA) is 89.3 Å². The van der Waals surface area contributed by atoms with E-state index in [2.05, 4.69) is 5.32 Å². The number of carbonyl (C=O) groups excluding carboxylic acids is 1. The van der Waals surface area contributed by atoms with Gasteiger partial charge in [0.05, 0.1) is 17.0 Å². The third kappa shape index (κ3) is 5.13. The maximum Gasteiger partial charge on any atom is 0.241 e. The second-order valence-corrected chi connectivity index (χ2v) is 8.37. The number of sulfone groups is 1. The van der Waals surface area contributed by atoms with Crippen LogP contribution in [0.4, 0.5) is 5.69 Å². The molecule has 0 saturated heterocycles. The minimum atomic E-state index is -3.16. The molecule has 1 atom stereocenters. The van der Waals surface area contributed by atoms with Crippen molar-refractivity contribution in [2.24, 2.45) is 11.7 Å². The van der Waals surface area contributed by atoms with Crippen molar-refractivity contribution in [1.29, 1.82) is 0 Å². The molecule has 0 aliphatic rings. The molecule has 1 rings (SSSR count). The minimum absolute atomic E-state index is 0.0366. The van der Waals surface area contributed by atoms with Crippen LogP contribution in [0.25, 0.3) is 0 Å². The molecule has 0 heterocycles. The number of hydrogen-bond donors (Lipinski definition) is 2. The van der Waals surface area contributed by atoms with Gasteiger partial charge in [-0.2, -0.15) is 0 Å². The van der Waals surface area contributed by atoms with Gasteiger partial charge in [0, 0.05) is 5.69 Å². The van der Waals surface area contributed by atoms with Gasteiger partial charge in [0.15, 0.2) is 9.84 Å². The molecule has 1 aromatic rings. The number of nitrogens with one attached hydrogen (secondary N) is 1. The second-order valence-electron chi connectivity index (χ2n) is 5.82. The van der Waals surface area contributed by atoms with E-state index in [0.29, 0.717) is 11.3 Å². The number of carbonyl (C=O) groups is 1. The summed E-state index contributed by atoms with van der Waals surface area (Å²) >= 11 is 0. The van der Waals surface area contributed by atoms with E-state index in [1.165, 1.54) is 0 Å². The third-order valence-electron chi connectivity index (χ3n) is 3.30. The first-order chi connectivity index (χ1) is 9.63. The first-order valence-corrected chi connectivity index (χ1v) is 8.72. The molecule has 0 radical (unpaired) electrons. The highest BCUT2D eigenvalue weighted by atomic mass is 32.2. The molecular formula is C15H24N2O3S. The van der Waals surface area contributed by atoms with Crippen LogP contribution in [0.3, 0.4) is 0 Å². The molecule has 0 unspecified atom stereocenters. The molecule has 1 aromatic carbocycles. The molecule has 0 bridgehead atoms. The fraction of sp³-hybridized carbons (Fsp3) is 0.533. The fourth-order valence-corrected chi connectivity index (χ4v) is 2.64. The van der Waals surface area contributed by atoms with Crippen molar-refractivity contribution in [2.45, 2.75) is 44.7 Å². The van der Waals surface area contributed by atoms with Gasteiger partial charge in [0.25, 0.3) is 0 Å². The van der Waals surface area contributed by atoms with Crippen LogP contribution in [0.2, 0.25) is 0 Å². The van der Waals surface area contributed by atoms with Crippen LogP contribution in [0.1, 0.15) is 33.3 Å². The first-order valence-electron chi connectivity index (χ1n) is 7.00. The van der Waals surface area contributed by atoms with Crippen molar-refractivity contribution in [3.8, 4) is 0 Å². The summed E-state index contributed by atoms with van der Waals surface area (Å²) in [4.78, 5) is 11.9. The standard InChI is InChI=1S/C15H24N2O3S/c1-10(2)14(16)15(18)17-13-7-5-6-12(8-13)9-21(19,20)11(3)4/h5-8,10-11,14H,9,16H2,1-4H3,(H,17,18)/t14-/m0/s1. The van der Waals surface area contributed by atoms with Crippen molar-refractivity contribution >= 4 is 21.4 Å². The Labute approximate surface area is 126 Å². The van der Waals surface area contributed by atoms with E-state index in [-0.39, 0.29) is 17.6 Å². The van der Waals surface area contributed by atoms with Crippen LogP contribution >= 0.6 is 0 Å². The van der Waals surface area contributed by atoms with E-state index in [1.54, 1.807) is 38.1 Å². The van der Waals surface area contributed by atoms with Crippen LogP contribution in [0.5, 0.6) is 0 Å². The highest BCUT2D eigenvalue weighted by molar-refractivity contribution is 7.91. The number of benzene rings is 1. The van der Waals surface area contributed by atoms with E-state index in [4.69, 9.17) is 5.73 Å². The summed E-state index contributed by atoms with van der Waals surface area (Å²) in [5.74, 6) is -0.270. The summed E-state index contributed by atoms with van der Waals surface area (Å²) in [7, 11) is -3.16. The smallest absolute Gasteiger partial charge is 0.241 e. The molecule has 1 amide bonds. The van der Waals surface area contributed by atoms with Gasteiger partial charge >= 0.3 is 0 Å². The Morgan fingerprint density at radius 3 is 2.38 bits per heavy atom. The Morgan fingerprint density at radius 2 is 1.86 bits per heavy atom. The van der Waals surface area contributed by atoms with Crippen LogP contribution in [0.15, 0.2) is 24.3 Å². The lowest BCUT2D eigenvalue weighted by Crippen LogP contribution is -2.39. The number of hydrogen-bond acceptors (Lipinski definition) is 4. The molecule has 0 saturated carbocycles. The van der Waals surface area contributed by atoms with Gasteiger partial charge in [-0.05, 0) is 37.5 Å². The molecule has 5 nitrogen and oxygen atoms in total. The van der Waals surface area contributed by atoms with Gasteiger partial charge < -0.3 is 11.1 Å². The van der Waals surface area contributed by atoms with E-state index < -0.39 is 21.1 Å². The Bertz CT molecular complexity index is 595. The first kappa shape index (κ1) is 17.7. The Hall–Kier alpha value is -1.40. The predicted molar refractivity (Wildman–Crippen MR) is 85.6 cm³/mol. The lowest BCUT2D eigenvalue weighted by molar-refractivity contribution is -0.118. The molecule has 0 aliphatic heterocycles. The van der Waals surface area contributed by atoms with Crippen molar-refractivity contribution in [1.82, 2.24) is 0 Å². The predicted octanol–water partition coefficient (Wildman–Crippen LogP) is 1.93. The molecular weight excluding hydrogens is 288 g/mol. The van der Waals surface area contributed by atoms with Gasteiger partial charge in [-0.15, -0.1) is 0 Å². The quantitative estimate of drug-likeness (QED) is 0.840. The Balaban J connectivity index is 2.85. The van der Waals surface area contributed by atoms with Gasteiger partial charge in [-0.25, -0.2) is 8.42 Å². The molecule has 21 heavy (non-hydrogen) atoms. The maximum absolute atomic E-state index is 11.9. The van der Waals surface area contributed by atoms with Crippen LogP contribution in [0, 0.1) is 5.92 Å². The molecule has 3 N–H and O–H groups in total. The molecule has 0 aliphatic carbocycles. The summed E-state index contributed by atoms with van der Waals surface area (Å²) in [5, 5.41) is 2.29. The average Bonchev–Trinajstić information content (AvgIpc) is 2.37. The highest BCUT2D eigenvalue weighted by Gasteiger charge is 2.19. The van der Waals surface area contributed by atoms with Gasteiger partial charge in [-0.3, -0.25) is 4.79 Å². The van der Waals surface area contributed by atoms with Crippen LogP contribution in [-0.4, -0.2) is 25.6 Å². The molecule has 6 heteroatoms. The van der Waals surface area contributed by atoms with Crippen LogP contribution in [-0.2, 0) is 20.4 Å². The minimum Gasteiger partial charge on any atom is -0.325 e. The summed E-state index contributed by atoms with van der Waals surface area (Å²) < 4.78 is 23.8. The van der Waals surface area contributed by atoms with Crippen LogP contribution < -0.4 is 11.1 Å². The molecule has 0 fully saturated rings. The molecule has 0 spiro atoms. The van der Waals surface area contributed by atoms with E-state index in [1.807, 2.05) is 13.8 Å². The van der Waals surface area contributed by atoms with Crippen molar-refractivity contribution in [2.75, 3.05) is 5.32 Å². The summed E-state index contributed by atoms with van der Waals surface area (Å²) in [6.07, 6.45) is 0. The van der Waals surface area contributed by atoms with Gasteiger partial charge in [0.2, 0.25) is 5.91 Å². The van der Waals surface area contributed by atoms with Crippen molar-refractivity contribution in [3.63, 3.8) is 0 Å². The number of anilines is 1. The van der Waals surface area contributed by atoms with E-state index >= 15 is 0 Å². The monoisotopic (exact) mass is 312 g/mol. The van der Waals surface area contributed by atoms with Crippen molar-refractivity contribution < 1.29 is 13.2 Å². The van der Waals surface area contributed by atoms with Crippen molar-refractivity contribution in [3.05, 3.63) is 29.8 Å². The summed E-state index contributed by atoms with van der Waals surface area (Å²) in [5.41, 5.74) is 6.99. The van der Waals surface area contributed by atoms with E-state index in [0.717, 1.165) is 0 Å². The summed E-state index contributed by atoms with van der Waals surface area (Å²) in [6.45, 7) is 7.05. The molecule has 118 valence electrons.